The van der Waals surface area contributed by atoms with Crippen LogP contribution in [0.4, 0.5) is 5.69 Å². The summed E-state index contributed by atoms with van der Waals surface area (Å²) in [6.45, 7) is 3.45. The second kappa shape index (κ2) is 8.66. The molecule has 0 aliphatic carbocycles. The van der Waals surface area contributed by atoms with Gasteiger partial charge >= 0.3 is 0 Å². The normalized spacial score (nSPS) is 10.6. The highest BCUT2D eigenvalue weighted by atomic mass is 16.4. The lowest BCUT2D eigenvalue weighted by molar-refractivity contribution is -0.114. The predicted octanol–water partition coefficient (Wildman–Crippen LogP) is 3.72. The third-order valence-corrected chi connectivity index (χ3v) is 4.68. The van der Waals surface area contributed by atoms with E-state index in [0.717, 1.165) is 5.69 Å². The highest BCUT2D eigenvalue weighted by Crippen LogP contribution is 2.28. The third-order valence-electron chi connectivity index (χ3n) is 4.68. The van der Waals surface area contributed by atoms with E-state index < -0.39 is 0 Å². The monoisotopic (exact) mass is 415 g/mol. The first-order chi connectivity index (χ1) is 15.0. The highest BCUT2D eigenvalue weighted by molar-refractivity contribution is 5.94. The molecule has 0 atom stereocenters. The van der Waals surface area contributed by atoms with Crippen molar-refractivity contribution < 1.29 is 14.0 Å². The molecule has 0 unspecified atom stereocenters. The van der Waals surface area contributed by atoms with Gasteiger partial charge in [-0.05, 0) is 49.4 Å². The molecule has 8 heteroatoms. The van der Waals surface area contributed by atoms with Crippen LogP contribution in [0.15, 0.2) is 71.4 Å². The number of hydrogen-bond donors (Lipinski definition) is 2. The molecule has 0 fully saturated rings. The molecule has 0 aliphatic heterocycles. The maximum Gasteiger partial charge on any atom is 0.251 e. The molecule has 0 bridgehead atoms. The van der Waals surface area contributed by atoms with Gasteiger partial charge < -0.3 is 15.1 Å². The second-order valence-corrected chi connectivity index (χ2v) is 6.93. The molecule has 8 nitrogen and oxygen atoms in total. The topological polar surface area (TPSA) is 102 Å². The first-order valence-corrected chi connectivity index (χ1v) is 9.73. The van der Waals surface area contributed by atoms with Gasteiger partial charge in [0.05, 0.1) is 23.5 Å². The Morgan fingerprint density at radius 1 is 1.06 bits per heavy atom. The summed E-state index contributed by atoms with van der Waals surface area (Å²) in [5.41, 5.74) is 3.32. The standard InChI is InChI=1S/C23H21N5O3/c1-15-21(27-23(31-15)19-6-3-4-7-20(19)26-16(2)29)14-24-22(30)17-8-10-18(11-9-17)28-13-5-12-25-28/h3-13H,14H2,1-2H3,(H,24,30)(H,26,29). The van der Waals surface area contributed by atoms with E-state index >= 15 is 0 Å². The minimum atomic E-state index is -0.213. The molecular weight excluding hydrogens is 394 g/mol. The minimum absolute atomic E-state index is 0.179. The number of benzene rings is 2. The number of aryl methyl sites for hydroxylation is 1. The van der Waals surface area contributed by atoms with Crippen LogP contribution in [0.2, 0.25) is 0 Å². The molecule has 2 amide bonds. The maximum absolute atomic E-state index is 12.5. The number of oxazole rings is 1. The smallest absolute Gasteiger partial charge is 0.251 e. The molecule has 4 rings (SSSR count). The van der Waals surface area contributed by atoms with E-state index in [0.29, 0.717) is 34.2 Å². The number of rotatable bonds is 6. The zero-order chi connectivity index (χ0) is 21.8. The Bertz CT molecular complexity index is 1210. The van der Waals surface area contributed by atoms with E-state index in [1.807, 2.05) is 42.6 Å². The molecule has 2 aromatic heterocycles. The fourth-order valence-corrected chi connectivity index (χ4v) is 3.13. The molecule has 2 N–H and O–H groups in total. The Balaban J connectivity index is 1.46. The minimum Gasteiger partial charge on any atom is -0.441 e. The summed E-state index contributed by atoms with van der Waals surface area (Å²) in [6.07, 6.45) is 3.54. The van der Waals surface area contributed by atoms with Gasteiger partial charge in [-0.25, -0.2) is 9.67 Å². The Labute approximate surface area is 178 Å². The quantitative estimate of drug-likeness (QED) is 0.500. The van der Waals surface area contributed by atoms with Gasteiger partial charge in [-0.15, -0.1) is 0 Å². The van der Waals surface area contributed by atoms with E-state index in [4.69, 9.17) is 4.42 Å². The molecule has 156 valence electrons. The average molecular weight is 415 g/mol. The van der Waals surface area contributed by atoms with Crippen molar-refractivity contribution in [2.24, 2.45) is 0 Å². The van der Waals surface area contributed by atoms with Crippen LogP contribution in [-0.2, 0) is 11.3 Å². The van der Waals surface area contributed by atoms with Crippen molar-refractivity contribution >= 4 is 17.5 Å². The first kappa shape index (κ1) is 20.1. The summed E-state index contributed by atoms with van der Waals surface area (Å²) in [5.74, 6) is 0.591. The molecule has 2 aromatic carbocycles. The van der Waals surface area contributed by atoms with Gasteiger partial charge in [0.2, 0.25) is 11.8 Å². The van der Waals surface area contributed by atoms with Crippen molar-refractivity contribution in [3.63, 3.8) is 0 Å². The van der Waals surface area contributed by atoms with Crippen LogP contribution in [0.25, 0.3) is 17.1 Å². The largest absolute Gasteiger partial charge is 0.441 e. The number of carbonyl (C=O) groups excluding carboxylic acids is 2. The van der Waals surface area contributed by atoms with Crippen molar-refractivity contribution in [3.05, 3.63) is 84.0 Å². The lowest BCUT2D eigenvalue weighted by Crippen LogP contribution is -2.23. The van der Waals surface area contributed by atoms with Crippen molar-refractivity contribution in [3.8, 4) is 17.1 Å². The number of amides is 2. The van der Waals surface area contributed by atoms with Gasteiger partial charge in [-0.1, -0.05) is 12.1 Å². The van der Waals surface area contributed by atoms with E-state index in [1.165, 1.54) is 6.92 Å². The Morgan fingerprint density at radius 2 is 1.84 bits per heavy atom. The summed E-state index contributed by atoms with van der Waals surface area (Å²) < 4.78 is 7.52. The van der Waals surface area contributed by atoms with Gasteiger partial charge in [0.25, 0.3) is 5.91 Å². The molecule has 0 radical (unpaired) electrons. The van der Waals surface area contributed by atoms with Crippen LogP contribution in [-0.4, -0.2) is 26.6 Å². The SMILES string of the molecule is CC(=O)Nc1ccccc1-c1nc(CNC(=O)c2ccc(-n3cccn3)cc2)c(C)o1. The Kier molecular flexibility index (Phi) is 5.61. The van der Waals surface area contributed by atoms with Gasteiger partial charge in [0.1, 0.15) is 11.5 Å². The highest BCUT2D eigenvalue weighted by Gasteiger charge is 2.16. The fraction of sp³-hybridized carbons (Fsp3) is 0.130. The van der Waals surface area contributed by atoms with E-state index in [-0.39, 0.29) is 18.4 Å². The van der Waals surface area contributed by atoms with Gasteiger partial charge in [-0.2, -0.15) is 5.10 Å². The lowest BCUT2D eigenvalue weighted by Gasteiger charge is -2.06. The van der Waals surface area contributed by atoms with Crippen molar-refractivity contribution in [1.82, 2.24) is 20.1 Å². The summed E-state index contributed by atoms with van der Waals surface area (Å²) in [5, 5.41) is 9.81. The van der Waals surface area contributed by atoms with Gasteiger partial charge in [-0.3, -0.25) is 9.59 Å². The molecule has 0 saturated carbocycles. The van der Waals surface area contributed by atoms with Crippen molar-refractivity contribution in [2.45, 2.75) is 20.4 Å². The molecule has 0 spiro atoms. The molecular formula is C23H21N5O3. The fourth-order valence-electron chi connectivity index (χ4n) is 3.13. The second-order valence-electron chi connectivity index (χ2n) is 6.93. The Morgan fingerprint density at radius 3 is 2.55 bits per heavy atom. The number of para-hydroxylation sites is 1. The number of nitrogens with zero attached hydrogens (tertiary/aromatic N) is 3. The summed E-state index contributed by atoms with van der Waals surface area (Å²) in [6, 6.07) is 16.3. The number of hydrogen-bond acceptors (Lipinski definition) is 5. The summed E-state index contributed by atoms with van der Waals surface area (Å²) in [4.78, 5) is 28.5. The summed E-state index contributed by atoms with van der Waals surface area (Å²) in [7, 11) is 0. The number of anilines is 1. The molecule has 31 heavy (non-hydrogen) atoms. The van der Waals surface area contributed by atoms with Crippen LogP contribution in [0.5, 0.6) is 0 Å². The van der Waals surface area contributed by atoms with Crippen molar-refractivity contribution in [1.29, 1.82) is 0 Å². The maximum atomic E-state index is 12.5. The number of carbonyl (C=O) groups is 2. The van der Waals surface area contributed by atoms with E-state index in [9.17, 15) is 9.59 Å². The first-order valence-electron chi connectivity index (χ1n) is 9.73. The summed E-state index contributed by atoms with van der Waals surface area (Å²) >= 11 is 0. The number of aromatic nitrogens is 3. The number of nitrogens with one attached hydrogen (secondary N) is 2. The van der Waals surface area contributed by atoms with E-state index in [2.05, 4.69) is 20.7 Å². The third kappa shape index (κ3) is 4.53. The predicted molar refractivity (Wildman–Crippen MR) is 116 cm³/mol. The molecule has 2 heterocycles. The Hall–Kier alpha value is -4.20. The van der Waals surface area contributed by atoms with Crippen molar-refractivity contribution in [2.75, 3.05) is 5.32 Å². The van der Waals surface area contributed by atoms with Crippen LogP contribution >= 0.6 is 0 Å². The van der Waals surface area contributed by atoms with Gasteiger partial charge in [0, 0.05) is 24.9 Å². The zero-order valence-electron chi connectivity index (χ0n) is 17.1. The lowest BCUT2D eigenvalue weighted by atomic mass is 10.1. The van der Waals surface area contributed by atoms with E-state index in [1.54, 1.807) is 36.0 Å². The van der Waals surface area contributed by atoms with Crippen LogP contribution in [0, 0.1) is 6.92 Å². The molecule has 4 aromatic rings. The van der Waals surface area contributed by atoms with Crippen LogP contribution in [0.3, 0.4) is 0 Å². The molecule has 0 saturated heterocycles. The molecule has 0 aliphatic rings. The van der Waals surface area contributed by atoms with Crippen LogP contribution in [0.1, 0.15) is 28.7 Å². The average Bonchev–Trinajstić information content (AvgIpc) is 3.42. The van der Waals surface area contributed by atoms with Gasteiger partial charge in [0.15, 0.2) is 0 Å². The zero-order valence-corrected chi connectivity index (χ0v) is 17.1. The van der Waals surface area contributed by atoms with Crippen LogP contribution < -0.4 is 10.6 Å².